The summed E-state index contributed by atoms with van der Waals surface area (Å²) in [5.41, 5.74) is 0. The van der Waals surface area contributed by atoms with Crippen molar-refractivity contribution in [1.82, 2.24) is 4.98 Å². The van der Waals surface area contributed by atoms with Gasteiger partial charge in [0.1, 0.15) is 0 Å². The van der Waals surface area contributed by atoms with Crippen molar-refractivity contribution in [2.75, 3.05) is 0 Å². The highest BCUT2D eigenvalue weighted by Gasteiger charge is 1.97. The Balaban J connectivity index is 2.98. The molecule has 0 aliphatic carbocycles. The van der Waals surface area contributed by atoms with E-state index in [-0.39, 0.29) is 11.5 Å². The van der Waals surface area contributed by atoms with E-state index in [2.05, 4.69) is 4.98 Å². The summed E-state index contributed by atoms with van der Waals surface area (Å²) in [7, 11) is 0. The lowest BCUT2D eigenvalue weighted by Gasteiger charge is -1.93. The Bertz CT molecular complexity index is 212. The van der Waals surface area contributed by atoms with E-state index in [1.807, 2.05) is 13.8 Å². The van der Waals surface area contributed by atoms with Gasteiger partial charge in [-0.25, -0.2) is 4.98 Å². The smallest absolute Gasteiger partial charge is 0.0950 e. The third kappa shape index (κ3) is 1.07. The topological polar surface area (TPSA) is 12.9 Å². The molecule has 1 heterocycles. The predicted molar refractivity (Wildman–Crippen MR) is 36.2 cm³/mol. The highest BCUT2D eigenvalue weighted by Crippen LogP contribution is 2.15. The van der Waals surface area contributed by atoms with Crippen molar-refractivity contribution >= 4 is 11.3 Å². The first-order valence-electron chi connectivity index (χ1n) is 3.55. The summed E-state index contributed by atoms with van der Waals surface area (Å²) in [4.78, 5) is 3.91. The van der Waals surface area contributed by atoms with Gasteiger partial charge in [-0.15, -0.1) is 11.3 Å². The molecule has 0 atom stereocenters. The monoisotopic (exact) mass is 129 g/mol. The predicted octanol–water partition coefficient (Wildman–Crippen LogP) is 2.27. The van der Waals surface area contributed by atoms with Gasteiger partial charge in [0, 0.05) is 17.4 Å². The molecular weight excluding hydrogens is 118 g/mol. The molecule has 44 valence electrons. The molecule has 0 aliphatic heterocycles. The maximum Gasteiger partial charge on any atom is 0.0950 e. The van der Waals surface area contributed by atoms with Crippen molar-refractivity contribution in [3.63, 3.8) is 0 Å². The van der Waals surface area contributed by atoms with Gasteiger partial charge < -0.3 is 0 Å². The van der Waals surface area contributed by atoms with Gasteiger partial charge in [0.15, 0.2) is 0 Å². The number of thiazole rings is 1. The number of rotatable bonds is 1. The van der Waals surface area contributed by atoms with Gasteiger partial charge in [0.05, 0.1) is 7.75 Å². The van der Waals surface area contributed by atoms with Gasteiger partial charge in [-0.05, 0) is 0 Å². The maximum absolute atomic E-state index is 7.20. The zero-order valence-corrected chi connectivity index (χ0v) is 5.75. The van der Waals surface area contributed by atoms with Gasteiger partial charge in [-0.2, -0.15) is 0 Å². The number of nitrogens with zero attached hydrogens (tertiary/aromatic N) is 1. The van der Waals surface area contributed by atoms with Crippen LogP contribution in [0.1, 0.15) is 27.5 Å². The Kier molecular flexibility index (Phi) is 1.02. The van der Waals surface area contributed by atoms with E-state index < -0.39 is 0 Å². The van der Waals surface area contributed by atoms with Gasteiger partial charge in [0.25, 0.3) is 0 Å². The fourth-order valence-corrected chi connectivity index (χ4v) is 0.946. The summed E-state index contributed by atoms with van der Waals surface area (Å²) in [5.74, 6) is 0.341. The Morgan fingerprint density at radius 3 is 2.88 bits per heavy atom. The van der Waals surface area contributed by atoms with Crippen LogP contribution in [0.4, 0.5) is 0 Å². The molecule has 8 heavy (non-hydrogen) atoms. The average molecular weight is 129 g/mol. The Morgan fingerprint density at radius 2 is 2.62 bits per heavy atom. The molecule has 0 aromatic carbocycles. The third-order valence-electron chi connectivity index (χ3n) is 0.861. The van der Waals surface area contributed by atoms with Gasteiger partial charge in [0.2, 0.25) is 0 Å². The lowest BCUT2D eigenvalue weighted by atomic mass is 10.2. The summed E-state index contributed by atoms with van der Waals surface area (Å²) in [6.45, 7) is 4.02. The Hall–Kier alpha value is -0.370. The van der Waals surface area contributed by atoms with E-state index in [0.29, 0.717) is 5.92 Å². The van der Waals surface area contributed by atoms with E-state index in [0.717, 1.165) is 5.01 Å². The third-order valence-corrected chi connectivity index (χ3v) is 1.83. The first kappa shape index (κ1) is 3.62. The van der Waals surface area contributed by atoms with Crippen LogP contribution in [-0.4, -0.2) is 4.98 Å². The van der Waals surface area contributed by atoms with Gasteiger partial charge in [-0.3, -0.25) is 0 Å². The molecule has 1 aromatic heterocycles. The van der Waals surface area contributed by atoms with Crippen LogP contribution in [0.5, 0.6) is 0 Å². The summed E-state index contributed by atoms with van der Waals surface area (Å²) in [5, 5.41) is 1.15. The average Bonchev–Trinajstić information content (AvgIpc) is 2.13. The molecule has 1 nitrogen and oxygen atoms in total. The molecule has 0 bridgehead atoms. The van der Waals surface area contributed by atoms with Crippen LogP contribution < -0.4 is 0 Å². The molecule has 0 spiro atoms. The van der Waals surface area contributed by atoms with Crippen LogP contribution in [0.15, 0.2) is 11.5 Å². The Labute approximate surface area is 56.2 Å². The van der Waals surface area contributed by atoms with Crippen molar-refractivity contribution in [1.29, 1.82) is 0 Å². The van der Waals surface area contributed by atoms with Crippen LogP contribution in [0.25, 0.3) is 0 Å². The van der Waals surface area contributed by atoms with Crippen LogP contribution in [0.2, 0.25) is 0 Å². The second kappa shape index (κ2) is 2.27. The second-order valence-electron chi connectivity index (χ2n) is 1.92. The van der Waals surface area contributed by atoms with Crippen LogP contribution in [0, 0.1) is 0 Å². The lowest BCUT2D eigenvalue weighted by molar-refractivity contribution is 0.852. The molecule has 0 amide bonds. The van der Waals surface area contributed by atoms with Gasteiger partial charge >= 0.3 is 0 Å². The summed E-state index contributed by atoms with van der Waals surface area (Å²) in [6, 6.07) is 0. The molecule has 1 aromatic rings. The molecule has 0 saturated carbocycles. The van der Waals surface area contributed by atoms with E-state index in [9.17, 15) is 0 Å². The molecule has 0 radical (unpaired) electrons. The van der Waals surface area contributed by atoms with E-state index in [1.54, 1.807) is 0 Å². The number of hydrogen-bond acceptors (Lipinski definition) is 2. The fourth-order valence-electron chi connectivity index (χ4n) is 0.423. The zero-order valence-electron chi connectivity index (χ0n) is 6.93. The normalized spacial score (nSPS) is 13.9. The Morgan fingerprint density at radius 1 is 1.88 bits per heavy atom. The van der Waals surface area contributed by atoms with E-state index >= 15 is 0 Å². The van der Waals surface area contributed by atoms with Crippen molar-refractivity contribution in [3.8, 4) is 0 Å². The van der Waals surface area contributed by atoms with Crippen LogP contribution >= 0.6 is 11.3 Å². The van der Waals surface area contributed by atoms with Crippen molar-refractivity contribution in [2.45, 2.75) is 19.8 Å². The van der Waals surface area contributed by atoms with Crippen LogP contribution in [-0.2, 0) is 0 Å². The van der Waals surface area contributed by atoms with Crippen molar-refractivity contribution in [3.05, 3.63) is 16.5 Å². The first-order chi connectivity index (χ1) is 4.61. The molecule has 0 unspecified atom stereocenters. The molecular formula is C6H9NS. The second-order valence-corrected chi connectivity index (χ2v) is 2.75. The molecule has 0 saturated heterocycles. The van der Waals surface area contributed by atoms with E-state index in [1.165, 1.54) is 11.3 Å². The van der Waals surface area contributed by atoms with Crippen LogP contribution in [0.3, 0.4) is 0 Å². The highest BCUT2D eigenvalue weighted by molar-refractivity contribution is 7.09. The summed E-state index contributed by atoms with van der Waals surface area (Å²) < 4.78 is 14.3. The van der Waals surface area contributed by atoms with Crippen molar-refractivity contribution in [2.24, 2.45) is 0 Å². The lowest BCUT2D eigenvalue weighted by Crippen LogP contribution is -1.81. The molecule has 0 N–H and O–H groups in total. The minimum atomic E-state index is 0.105. The van der Waals surface area contributed by atoms with Crippen molar-refractivity contribution < 1.29 is 2.74 Å². The minimum Gasteiger partial charge on any atom is -0.249 e. The molecule has 0 aliphatic rings. The molecule has 1 rings (SSSR count). The first-order valence-corrected chi connectivity index (χ1v) is 3.37. The fraction of sp³-hybridized carbons (Fsp3) is 0.500. The number of aromatic nitrogens is 1. The zero-order chi connectivity index (χ0) is 7.72. The highest BCUT2D eigenvalue weighted by atomic mass is 32.1. The summed E-state index contributed by atoms with van der Waals surface area (Å²) >= 11 is 1.29. The minimum absolute atomic E-state index is 0.105. The maximum atomic E-state index is 7.20. The number of hydrogen-bond donors (Lipinski definition) is 0. The molecule has 2 heteroatoms. The molecule has 0 fully saturated rings. The largest absolute Gasteiger partial charge is 0.249 e. The quantitative estimate of drug-likeness (QED) is 0.567. The standard InChI is InChI=1S/C6H9NS/c1-5(2)6-7-3-4-8-6/h3-5H,1-2H3/i3D,4D. The SMILES string of the molecule is [2H]c1nc(C(C)C)sc1[2H]. The summed E-state index contributed by atoms with van der Waals surface area (Å²) in [6.07, 6.45) is 0.105. The van der Waals surface area contributed by atoms with Gasteiger partial charge in [-0.1, -0.05) is 13.8 Å². The van der Waals surface area contributed by atoms with E-state index in [4.69, 9.17) is 2.74 Å².